The maximum atomic E-state index is 12.0. The van der Waals surface area contributed by atoms with Crippen molar-refractivity contribution in [3.63, 3.8) is 0 Å². The SMILES string of the molecule is CC(CNC(=O)c1ccc(CCN)cc1)C(C)(C)C. The summed E-state index contributed by atoms with van der Waals surface area (Å²) < 4.78 is 0. The lowest BCUT2D eigenvalue weighted by molar-refractivity contribution is 0.0937. The molecule has 106 valence electrons. The van der Waals surface area contributed by atoms with Gasteiger partial charge in [0.25, 0.3) is 5.91 Å². The first-order chi connectivity index (χ1) is 8.84. The van der Waals surface area contributed by atoms with E-state index >= 15 is 0 Å². The van der Waals surface area contributed by atoms with Crippen LogP contribution in [0.15, 0.2) is 24.3 Å². The van der Waals surface area contributed by atoms with Gasteiger partial charge >= 0.3 is 0 Å². The van der Waals surface area contributed by atoms with E-state index < -0.39 is 0 Å². The second-order valence-electron chi connectivity index (χ2n) is 6.21. The largest absolute Gasteiger partial charge is 0.352 e. The lowest BCUT2D eigenvalue weighted by Crippen LogP contribution is -2.33. The Labute approximate surface area is 116 Å². The van der Waals surface area contributed by atoms with Crippen molar-refractivity contribution in [2.24, 2.45) is 17.1 Å². The molecule has 1 atom stereocenters. The Bertz CT molecular complexity index is 404. The van der Waals surface area contributed by atoms with Gasteiger partial charge in [-0.25, -0.2) is 0 Å². The first-order valence-electron chi connectivity index (χ1n) is 6.92. The molecule has 1 rings (SSSR count). The maximum absolute atomic E-state index is 12.0. The summed E-state index contributed by atoms with van der Waals surface area (Å²) in [6, 6.07) is 7.66. The Morgan fingerprint density at radius 3 is 2.32 bits per heavy atom. The van der Waals surface area contributed by atoms with Crippen LogP contribution in [0.1, 0.15) is 43.6 Å². The van der Waals surface area contributed by atoms with Crippen LogP contribution >= 0.6 is 0 Å². The molecule has 0 saturated carbocycles. The molecular weight excluding hydrogens is 236 g/mol. The summed E-state index contributed by atoms with van der Waals surface area (Å²) in [5, 5.41) is 2.99. The lowest BCUT2D eigenvalue weighted by atomic mass is 9.82. The molecule has 0 radical (unpaired) electrons. The molecule has 1 amide bonds. The summed E-state index contributed by atoms with van der Waals surface area (Å²) in [4.78, 5) is 12.0. The standard InChI is InChI=1S/C16H26N2O/c1-12(16(2,3)4)11-18-15(19)14-7-5-13(6-8-14)9-10-17/h5-8,12H,9-11,17H2,1-4H3,(H,18,19). The number of hydrogen-bond acceptors (Lipinski definition) is 2. The van der Waals surface area contributed by atoms with Gasteiger partial charge in [0.2, 0.25) is 0 Å². The third-order valence-electron chi connectivity index (χ3n) is 3.70. The molecule has 3 nitrogen and oxygen atoms in total. The molecule has 1 aromatic rings. The van der Waals surface area contributed by atoms with Gasteiger partial charge in [0.15, 0.2) is 0 Å². The second kappa shape index (κ2) is 6.71. The molecule has 1 aromatic carbocycles. The molecule has 0 heterocycles. The molecule has 0 aliphatic rings. The highest BCUT2D eigenvalue weighted by Crippen LogP contribution is 2.24. The van der Waals surface area contributed by atoms with Gasteiger partial charge in [0.05, 0.1) is 0 Å². The van der Waals surface area contributed by atoms with Crippen LogP contribution in [-0.2, 0) is 6.42 Å². The van der Waals surface area contributed by atoms with Gasteiger partial charge < -0.3 is 11.1 Å². The molecule has 19 heavy (non-hydrogen) atoms. The molecule has 0 bridgehead atoms. The highest BCUT2D eigenvalue weighted by atomic mass is 16.1. The normalized spacial score (nSPS) is 13.1. The van der Waals surface area contributed by atoms with Gasteiger partial charge in [-0.2, -0.15) is 0 Å². The predicted molar refractivity (Wildman–Crippen MR) is 80.2 cm³/mol. The number of carbonyl (C=O) groups is 1. The van der Waals surface area contributed by atoms with Crippen molar-refractivity contribution in [3.05, 3.63) is 35.4 Å². The van der Waals surface area contributed by atoms with E-state index in [4.69, 9.17) is 5.73 Å². The average molecular weight is 262 g/mol. The van der Waals surface area contributed by atoms with Gasteiger partial charge in [-0.05, 0) is 42.0 Å². The summed E-state index contributed by atoms with van der Waals surface area (Å²) in [5.41, 5.74) is 7.59. The Morgan fingerprint density at radius 2 is 1.84 bits per heavy atom. The fraction of sp³-hybridized carbons (Fsp3) is 0.562. The quantitative estimate of drug-likeness (QED) is 0.857. The van der Waals surface area contributed by atoms with Crippen molar-refractivity contribution in [3.8, 4) is 0 Å². The fourth-order valence-corrected chi connectivity index (χ4v) is 1.64. The van der Waals surface area contributed by atoms with Crippen LogP contribution in [0.3, 0.4) is 0 Å². The highest BCUT2D eigenvalue weighted by molar-refractivity contribution is 5.94. The molecule has 0 aliphatic heterocycles. The maximum Gasteiger partial charge on any atom is 0.251 e. The molecule has 3 N–H and O–H groups in total. The van der Waals surface area contributed by atoms with E-state index in [1.165, 1.54) is 5.56 Å². The minimum Gasteiger partial charge on any atom is -0.352 e. The Balaban J connectivity index is 2.54. The van der Waals surface area contributed by atoms with Crippen LogP contribution < -0.4 is 11.1 Å². The Morgan fingerprint density at radius 1 is 1.26 bits per heavy atom. The Kier molecular flexibility index (Phi) is 5.55. The van der Waals surface area contributed by atoms with Gasteiger partial charge in [-0.15, -0.1) is 0 Å². The molecule has 0 aliphatic carbocycles. The molecule has 0 fully saturated rings. The minimum atomic E-state index is -0.00426. The summed E-state index contributed by atoms with van der Waals surface area (Å²) in [7, 11) is 0. The van der Waals surface area contributed by atoms with Crippen molar-refractivity contribution in [1.29, 1.82) is 0 Å². The third-order valence-corrected chi connectivity index (χ3v) is 3.70. The third kappa shape index (κ3) is 5.03. The molecular formula is C16H26N2O. The molecule has 0 saturated heterocycles. The van der Waals surface area contributed by atoms with E-state index in [1.807, 2.05) is 24.3 Å². The van der Waals surface area contributed by atoms with E-state index in [9.17, 15) is 4.79 Å². The molecule has 0 spiro atoms. The summed E-state index contributed by atoms with van der Waals surface area (Å²) in [6.07, 6.45) is 0.850. The van der Waals surface area contributed by atoms with E-state index in [-0.39, 0.29) is 11.3 Å². The number of carbonyl (C=O) groups excluding carboxylic acids is 1. The van der Waals surface area contributed by atoms with Gasteiger partial charge in [0.1, 0.15) is 0 Å². The lowest BCUT2D eigenvalue weighted by Gasteiger charge is -2.27. The second-order valence-corrected chi connectivity index (χ2v) is 6.21. The van der Waals surface area contributed by atoms with Gasteiger partial charge in [-0.1, -0.05) is 39.8 Å². The number of rotatable bonds is 5. The number of benzene rings is 1. The number of amides is 1. The van der Waals surface area contributed by atoms with E-state index in [2.05, 4.69) is 33.0 Å². The summed E-state index contributed by atoms with van der Waals surface area (Å²) in [5.74, 6) is 0.434. The van der Waals surface area contributed by atoms with Crippen molar-refractivity contribution in [2.75, 3.05) is 13.1 Å². The van der Waals surface area contributed by atoms with Crippen molar-refractivity contribution < 1.29 is 4.79 Å². The number of nitrogens with one attached hydrogen (secondary N) is 1. The highest BCUT2D eigenvalue weighted by Gasteiger charge is 2.20. The van der Waals surface area contributed by atoms with Crippen LogP contribution in [0.2, 0.25) is 0 Å². The first kappa shape index (κ1) is 15.7. The topological polar surface area (TPSA) is 55.1 Å². The van der Waals surface area contributed by atoms with Crippen LogP contribution in [0.4, 0.5) is 0 Å². The summed E-state index contributed by atoms with van der Waals surface area (Å²) in [6.45, 7) is 10.1. The van der Waals surface area contributed by atoms with Crippen LogP contribution in [-0.4, -0.2) is 19.0 Å². The van der Waals surface area contributed by atoms with Crippen LogP contribution in [0, 0.1) is 11.3 Å². The first-order valence-corrected chi connectivity index (χ1v) is 6.92. The van der Waals surface area contributed by atoms with Crippen LogP contribution in [0.25, 0.3) is 0 Å². The zero-order valence-corrected chi connectivity index (χ0v) is 12.5. The number of nitrogens with two attached hydrogens (primary N) is 1. The molecule has 1 unspecified atom stereocenters. The zero-order chi connectivity index (χ0) is 14.5. The monoisotopic (exact) mass is 262 g/mol. The van der Waals surface area contributed by atoms with E-state index in [0.29, 0.717) is 24.6 Å². The Hall–Kier alpha value is -1.35. The number of hydrogen-bond donors (Lipinski definition) is 2. The van der Waals surface area contributed by atoms with Gasteiger partial charge in [-0.3, -0.25) is 4.79 Å². The van der Waals surface area contributed by atoms with Gasteiger partial charge in [0, 0.05) is 12.1 Å². The van der Waals surface area contributed by atoms with Crippen molar-refractivity contribution in [2.45, 2.75) is 34.1 Å². The summed E-state index contributed by atoms with van der Waals surface area (Å²) >= 11 is 0. The fourth-order valence-electron chi connectivity index (χ4n) is 1.64. The van der Waals surface area contributed by atoms with E-state index in [1.54, 1.807) is 0 Å². The van der Waals surface area contributed by atoms with Crippen LogP contribution in [0.5, 0.6) is 0 Å². The van der Waals surface area contributed by atoms with Crippen molar-refractivity contribution in [1.82, 2.24) is 5.32 Å². The minimum absolute atomic E-state index is 0.00426. The average Bonchev–Trinajstić information content (AvgIpc) is 2.35. The molecule has 3 heteroatoms. The van der Waals surface area contributed by atoms with Crippen molar-refractivity contribution >= 4 is 5.91 Å². The zero-order valence-electron chi connectivity index (χ0n) is 12.5. The van der Waals surface area contributed by atoms with E-state index in [0.717, 1.165) is 6.42 Å². The smallest absolute Gasteiger partial charge is 0.251 e. The molecule has 0 aromatic heterocycles. The predicted octanol–water partition coefficient (Wildman–Crippen LogP) is 2.60.